The molecule has 7 N–H and O–H groups in total. The van der Waals surface area contributed by atoms with Gasteiger partial charge >= 0.3 is 0 Å². The average Bonchev–Trinajstić information content (AvgIpc) is 2.83. The lowest BCUT2D eigenvalue weighted by molar-refractivity contribution is -0.131. The van der Waals surface area contributed by atoms with E-state index in [9.17, 15) is 18.0 Å². The van der Waals surface area contributed by atoms with Crippen LogP contribution < -0.4 is 26.8 Å². The average molecular weight is 558 g/mol. The minimum absolute atomic E-state index is 0.0425. The summed E-state index contributed by atoms with van der Waals surface area (Å²) in [5, 5.41) is 5.69. The van der Waals surface area contributed by atoms with Crippen molar-refractivity contribution in [2.45, 2.75) is 42.7 Å². The highest BCUT2D eigenvalue weighted by molar-refractivity contribution is 7.89. The number of carbonyl (C=O) groups is 2. The molecule has 2 atom stereocenters. The van der Waals surface area contributed by atoms with Gasteiger partial charge in [-0.2, -0.15) is 4.72 Å². The molecule has 10 nitrogen and oxygen atoms in total. The molecule has 2 aromatic rings. The third-order valence-corrected chi connectivity index (χ3v) is 7.73. The van der Waals surface area contributed by atoms with E-state index in [1.54, 1.807) is 24.3 Å². The predicted octanol–water partition coefficient (Wildman–Crippen LogP) is 1.56. The third kappa shape index (κ3) is 8.37. The van der Waals surface area contributed by atoms with Gasteiger partial charge in [0.25, 0.3) is 0 Å². The van der Waals surface area contributed by atoms with Crippen LogP contribution in [0.4, 0.5) is 0 Å². The third-order valence-electron chi connectivity index (χ3n) is 5.39. The predicted molar refractivity (Wildman–Crippen MR) is 141 cm³/mol. The van der Waals surface area contributed by atoms with Crippen LogP contribution in [0, 0.1) is 0 Å². The molecule has 13 heteroatoms. The van der Waals surface area contributed by atoms with Gasteiger partial charge in [0.2, 0.25) is 21.8 Å². The molecular weight excluding hydrogens is 527 g/mol. The molecular formula is C23H30Cl2N6O4S. The molecule has 1 unspecified atom stereocenters. The summed E-state index contributed by atoms with van der Waals surface area (Å²) in [4.78, 5) is 29.2. The Balaban J connectivity index is 2.30. The van der Waals surface area contributed by atoms with Gasteiger partial charge in [-0.1, -0.05) is 53.5 Å². The number of aliphatic imine (C=N–C) groups is 1. The molecule has 36 heavy (non-hydrogen) atoms. The van der Waals surface area contributed by atoms with Crippen LogP contribution in [0.3, 0.4) is 0 Å². The highest BCUT2D eigenvalue weighted by Crippen LogP contribution is 2.26. The highest BCUT2D eigenvalue weighted by atomic mass is 35.5. The van der Waals surface area contributed by atoms with Crippen molar-refractivity contribution in [3.05, 3.63) is 64.1 Å². The maximum absolute atomic E-state index is 13.4. The summed E-state index contributed by atoms with van der Waals surface area (Å²) in [6.07, 6.45) is 0.534. The summed E-state index contributed by atoms with van der Waals surface area (Å²) >= 11 is 11.9. The number of nitrogens with one attached hydrogen (secondary N) is 3. The van der Waals surface area contributed by atoms with E-state index in [0.717, 1.165) is 5.56 Å². The lowest BCUT2D eigenvalue weighted by Crippen LogP contribution is -2.60. The zero-order valence-electron chi connectivity index (χ0n) is 19.9. The standard InChI is InChI=1S/C23H30Cl2N6O4S/c1-23(11-6-12-29-22(27)28-2,31-36(34,35)16-9-10-17(24)18(25)14-16)21(33)30-19(20(26)32)13-15-7-4-3-5-8-15/h3-5,7-10,14,19,31H,6,11-13H2,1-2H3,(H2,26,32)(H,30,33)(H3,27,28,29)/t19-,23?/m0/s1. The van der Waals surface area contributed by atoms with Crippen molar-refractivity contribution in [1.29, 1.82) is 0 Å². The fourth-order valence-corrected chi connectivity index (χ4v) is 5.13. The Morgan fingerprint density at radius 2 is 1.75 bits per heavy atom. The summed E-state index contributed by atoms with van der Waals surface area (Å²) in [5.41, 5.74) is 10.3. The van der Waals surface area contributed by atoms with Crippen molar-refractivity contribution in [2.75, 3.05) is 13.6 Å². The van der Waals surface area contributed by atoms with Gasteiger partial charge in [0, 0.05) is 20.0 Å². The van der Waals surface area contributed by atoms with Crippen LogP contribution in [-0.2, 0) is 26.0 Å². The molecule has 0 spiro atoms. The van der Waals surface area contributed by atoms with Gasteiger partial charge in [-0.25, -0.2) is 8.42 Å². The van der Waals surface area contributed by atoms with Gasteiger partial charge < -0.3 is 22.1 Å². The van der Waals surface area contributed by atoms with E-state index in [2.05, 4.69) is 20.3 Å². The first kappa shape index (κ1) is 29.4. The molecule has 0 heterocycles. The number of carbonyl (C=O) groups excluding carboxylic acids is 2. The fourth-order valence-electron chi connectivity index (χ4n) is 3.34. The summed E-state index contributed by atoms with van der Waals surface area (Å²) in [6, 6.07) is 11.7. The normalized spacial score (nSPS) is 14.5. The number of guanidine groups is 1. The summed E-state index contributed by atoms with van der Waals surface area (Å²) in [6.45, 7) is 1.75. The molecule has 2 amide bonds. The first-order valence-corrected chi connectivity index (χ1v) is 13.2. The molecule has 2 aromatic carbocycles. The molecule has 0 aliphatic rings. The van der Waals surface area contributed by atoms with Crippen molar-refractivity contribution in [1.82, 2.24) is 15.4 Å². The van der Waals surface area contributed by atoms with Crippen molar-refractivity contribution >= 4 is 51.0 Å². The number of hydrogen-bond donors (Lipinski definition) is 5. The Morgan fingerprint density at radius 1 is 1.08 bits per heavy atom. The smallest absolute Gasteiger partial charge is 0.241 e. The molecule has 0 saturated heterocycles. The number of amides is 2. The van der Waals surface area contributed by atoms with E-state index in [4.69, 9.17) is 34.7 Å². The van der Waals surface area contributed by atoms with Gasteiger partial charge in [-0.3, -0.25) is 14.6 Å². The van der Waals surface area contributed by atoms with Gasteiger partial charge in [0.1, 0.15) is 11.6 Å². The molecule has 0 aliphatic carbocycles. The molecule has 0 bridgehead atoms. The van der Waals surface area contributed by atoms with Crippen LogP contribution in [0.15, 0.2) is 58.4 Å². The monoisotopic (exact) mass is 556 g/mol. The zero-order valence-corrected chi connectivity index (χ0v) is 22.3. The molecule has 0 fully saturated rings. The number of rotatable bonds is 12. The van der Waals surface area contributed by atoms with E-state index in [-0.39, 0.29) is 33.7 Å². The first-order valence-electron chi connectivity index (χ1n) is 11.0. The molecule has 196 valence electrons. The number of sulfonamides is 1. The van der Waals surface area contributed by atoms with E-state index in [1.807, 2.05) is 6.07 Å². The lowest BCUT2D eigenvalue weighted by atomic mass is 9.94. The molecule has 0 saturated carbocycles. The summed E-state index contributed by atoms with van der Waals surface area (Å²) < 4.78 is 28.8. The maximum atomic E-state index is 13.4. The van der Waals surface area contributed by atoms with Gasteiger partial charge in [0.15, 0.2) is 5.96 Å². The van der Waals surface area contributed by atoms with Crippen LogP contribution in [0.25, 0.3) is 0 Å². The second kappa shape index (κ2) is 12.9. The number of halogens is 2. The van der Waals surface area contributed by atoms with Crippen LogP contribution in [0.2, 0.25) is 10.0 Å². The Hall–Kier alpha value is -2.86. The largest absolute Gasteiger partial charge is 0.370 e. The number of nitrogens with two attached hydrogens (primary N) is 2. The fraction of sp³-hybridized carbons (Fsp3) is 0.348. The number of hydrogen-bond acceptors (Lipinski definition) is 5. The van der Waals surface area contributed by atoms with E-state index in [0.29, 0.717) is 13.0 Å². The lowest BCUT2D eigenvalue weighted by Gasteiger charge is -2.31. The summed E-state index contributed by atoms with van der Waals surface area (Å²) in [5.74, 6) is -1.27. The topological polar surface area (TPSA) is 169 Å². The first-order chi connectivity index (χ1) is 16.9. The van der Waals surface area contributed by atoms with Crippen molar-refractivity contribution < 1.29 is 18.0 Å². The van der Waals surface area contributed by atoms with Crippen LogP contribution in [0.1, 0.15) is 25.3 Å². The molecule has 0 aromatic heterocycles. The van der Waals surface area contributed by atoms with E-state index >= 15 is 0 Å². The Labute approximate surface area is 220 Å². The van der Waals surface area contributed by atoms with E-state index in [1.165, 1.54) is 32.2 Å². The summed E-state index contributed by atoms with van der Waals surface area (Å²) in [7, 11) is -2.70. The maximum Gasteiger partial charge on any atom is 0.241 e. The Bertz CT molecular complexity index is 1210. The number of nitrogens with zero attached hydrogens (tertiary/aromatic N) is 1. The number of primary amides is 1. The second-order valence-electron chi connectivity index (χ2n) is 8.27. The van der Waals surface area contributed by atoms with Crippen molar-refractivity contribution in [3.8, 4) is 0 Å². The van der Waals surface area contributed by atoms with Gasteiger partial charge in [0.05, 0.1) is 14.9 Å². The van der Waals surface area contributed by atoms with Gasteiger partial charge in [-0.05, 0) is 43.5 Å². The SMILES string of the molecule is CN=C(N)NCCCC(C)(NS(=O)(=O)c1ccc(Cl)c(Cl)c1)C(=O)N[C@@H](Cc1ccccc1)C(N)=O. The minimum atomic E-state index is -4.21. The number of benzene rings is 2. The van der Waals surface area contributed by atoms with Gasteiger partial charge in [-0.15, -0.1) is 0 Å². The molecule has 2 rings (SSSR count). The Morgan fingerprint density at radius 3 is 2.33 bits per heavy atom. The minimum Gasteiger partial charge on any atom is -0.370 e. The van der Waals surface area contributed by atoms with Crippen LogP contribution in [-0.4, -0.2) is 51.4 Å². The van der Waals surface area contributed by atoms with Crippen LogP contribution in [0.5, 0.6) is 0 Å². The Kier molecular flexibility index (Phi) is 10.5. The highest BCUT2D eigenvalue weighted by Gasteiger charge is 2.39. The zero-order chi connectivity index (χ0) is 26.9. The van der Waals surface area contributed by atoms with Crippen molar-refractivity contribution in [2.24, 2.45) is 16.5 Å². The molecule has 0 radical (unpaired) electrons. The van der Waals surface area contributed by atoms with Crippen molar-refractivity contribution in [3.63, 3.8) is 0 Å². The quantitative estimate of drug-likeness (QED) is 0.151. The molecule has 0 aliphatic heterocycles. The second-order valence-corrected chi connectivity index (χ2v) is 10.8. The van der Waals surface area contributed by atoms with Crippen LogP contribution >= 0.6 is 23.2 Å². The van der Waals surface area contributed by atoms with E-state index < -0.39 is 33.4 Å².